The van der Waals surface area contributed by atoms with Gasteiger partial charge >= 0.3 is 63.2 Å². The zero-order valence-corrected chi connectivity index (χ0v) is 14.5. The normalized spacial score (nSPS) is 5.68. The molecule has 0 heterocycles. The molecule has 0 aliphatic heterocycles. The monoisotopic (exact) mass is 530 g/mol. The summed E-state index contributed by atoms with van der Waals surface area (Å²) in [4.78, 5) is 0. The van der Waals surface area contributed by atoms with Crippen molar-refractivity contribution in [3.8, 4) is 0 Å². The quantitative estimate of drug-likeness (QED) is 0.268. The third-order valence-electron chi connectivity index (χ3n) is 0. The molecule has 19 heteroatoms. The second-order valence-electron chi connectivity index (χ2n) is 1.15. The Bertz CT molecular complexity index is 68.0. The van der Waals surface area contributed by atoms with Crippen LogP contribution in [0.5, 0.6) is 0 Å². The van der Waals surface area contributed by atoms with E-state index in [0.29, 0.717) is 0 Å². The average molecular weight is 523 g/mol. The van der Waals surface area contributed by atoms with Crippen molar-refractivity contribution in [2.45, 2.75) is 0 Å². The van der Waals surface area contributed by atoms with E-state index in [9.17, 15) is 0 Å². The molecule has 0 N–H and O–H groups in total. The van der Waals surface area contributed by atoms with E-state index < -0.39 is 29.3 Å². The van der Waals surface area contributed by atoms with Crippen LogP contribution in [0.25, 0.3) is 0 Å². The van der Waals surface area contributed by atoms with Crippen molar-refractivity contribution in [3.63, 3.8) is 0 Å². The molecule has 0 aromatic carbocycles. The van der Waals surface area contributed by atoms with Gasteiger partial charge in [-0.2, -0.15) is 0 Å². The summed E-state index contributed by atoms with van der Waals surface area (Å²) >= 11 is 0. The van der Waals surface area contributed by atoms with Gasteiger partial charge in [-0.25, -0.2) is 0 Å². The maximum atomic E-state index is 8.42. The number of hydrogen-bond donors (Lipinski definition) is 0. The molecule has 0 aromatic rings. The summed E-state index contributed by atoms with van der Waals surface area (Å²) in [5.41, 5.74) is 0. The Morgan fingerprint density at radius 1 is 0.263 bits per heavy atom. The van der Waals surface area contributed by atoms with Crippen LogP contribution in [-0.2, 0) is 63.2 Å². The molecule has 0 fully saturated rings. The second-order valence-corrected chi connectivity index (χ2v) is 1.15. The minimum absolute atomic E-state index is 0. The van der Waals surface area contributed by atoms with Gasteiger partial charge in [0.15, 0.2) is 0 Å². The van der Waals surface area contributed by atoms with E-state index in [4.69, 9.17) is 60.3 Å². The Kier molecular flexibility index (Phi) is 82.9. The SMILES string of the molecule is [Mo+4].[Mo+4].[Mo+4].[O-]B([O-])[O-].[O-]B([O-])[O-].[O-]B([O-])[O-].[O-]B([O-])[O-]. The fourth-order valence-electron chi connectivity index (χ4n) is 0. The Labute approximate surface area is 152 Å². The minimum Gasteiger partial charge on any atom is -0.907 e. The van der Waals surface area contributed by atoms with Crippen LogP contribution < -0.4 is 60.3 Å². The molecule has 0 atom stereocenters. The number of rotatable bonds is 0. The summed E-state index contributed by atoms with van der Waals surface area (Å²) in [7, 11) is -11.7. The predicted octanol–water partition coefficient (Wildman–Crippen LogP) is -15.8. The largest absolute Gasteiger partial charge is 4.00 e. The van der Waals surface area contributed by atoms with Gasteiger partial charge in [-0.15, -0.1) is 0 Å². The molecule has 0 aliphatic rings. The van der Waals surface area contributed by atoms with Crippen LogP contribution in [-0.4, -0.2) is 29.3 Å². The first-order valence-electron chi connectivity index (χ1n) is 2.83. The molecule has 0 radical (unpaired) electrons. The molecule has 0 rings (SSSR count). The minimum atomic E-state index is -2.92. The van der Waals surface area contributed by atoms with Crippen molar-refractivity contribution in [2.24, 2.45) is 0 Å². The molecule has 19 heavy (non-hydrogen) atoms. The van der Waals surface area contributed by atoms with E-state index in [2.05, 4.69) is 0 Å². The van der Waals surface area contributed by atoms with Crippen LogP contribution in [0.3, 0.4) is 0 Å². The molecule has 0 bridgehead atoms. The molecule has 0 aliphatic carbocycles. The van der Waals surface area contributed by atoms with E-state index in [0.717, 1.165) is 0 Å². The van der Waals surface area contributed by atoms with E-state index in [1.165, 1.54) is 0 Å². The Morgan fingerprint density at radius 2 is 0.263 bits per heavy atom. The van der Waals surface area contributed by atoms with Crippen molar-refractivity contribution < 1.29 is 123 Å². The average Bonchev–Trinajstić information content (AvgIpc) is 1.76. The van der Waals surface area contributed by atoms with E-state index in [-0.39, 0.29) is 63.2 Å². The zero-order chi connectivity index (χ0) is 14.3. The molecule has 0 amide bonds. The van der Waals surface area contributed by atoms with Crippen molar-refractivity contribution in [2.75, 3.05) is 0 Å². The van der Waals surface area contributed by atoms with Gasteiger partial charge in [-0.1, -0.05) is 0 Å². The topological polar surface area (TPSA) is 277 Å². The van der Waals surface area contributed by atoms with Crippen molar-refractivity contribution in [3.05, 3.63) is 0 Å². The second kappa shape index (κ2) is 36.8. The standard InChI is InChI=1S/4BO3.3Mo/c4*2-1(3)4;;;/q4*-3;3*+4. The van der Waals surface area contributed by atoms with Crippen LogP contribution in [0.4, 0.5) is 0 Å². The predicted molar refractivity (Wildman–Crippen MR) is 23.0 cm³/mol. The molecule has 0 unspecified atom stereocenters. The molecule has 0 saturated carbocycles. The van der Waals surface area contributed by atoms with E-state index in [1.54, 1.807) is 0 Å². The van der Waals surface area contributed by atoms with Gasteiger partial charge in [0.1, 0.15) is 0 Å². The Hall–Kier alpha value is 1.84. The third kappa shape index (κ3) is 1860. The maximum Gasteiger partial charge on any atom is 4.00 e. The van der Waals surface area contributed by atoms with Crippen molar-refractivity contribution in [1.82, 2.24) is 0 Å². The molecular formula is B4Mo3O12. The summed E-state index contributed by atoms with van der Waals surface area (Å²) in [5.74, 6) is 0. The molecule has 0 aromatic heterocycles. The van der Waals surface area contributed by atoms with Crippen LogP contribution in [0.15, 0.2) is 0 Å². The molecule has 12 nitrogen and oxygen atoms in total. The summed E-state index contributed by atoms with van der Waals surface area (Å²) in [6.45, 7) is 0. The summed E-state index contributed by atoms with van der Waals surface area (Å²) in [6, 6.07) is 0. The molecule has 0 saturated heterocycles. The first kappa shape index (κ1) is 42.8. The van der Waals surface area contributed by atoms with Gasteiger partial charge in [-0.05, 0) is 0 Å². The Balaban J connectivity index is -0.0000000192. The van der Waals surface area contributed by atoms with Crippen LogP contribution >= 0.6 is 0 Å². The molecule has 0 spiro atoms. The van der Waals surface area contributed by atoms with Gasteiger partial charge in [-0.3, -0.25) is 29.3 Å². The van der Waals surface area contributed by atoms with Crippen LogP contribution in [0.1, 0.15) is 0 Å². The van der Waals surface area contributed by atoms with Crippen molar-refractivity contribution in [1.29, 1.82) is 0 Å². The van der Waals surface area contributed by atoms with Gasteiger partial charge in [0.2, 0.25) is 0 Å². The van der Waals surface area contributed by atoms with Crippen molar-refractivity contribution >= 4 is 29.3 Å². The van der Waals surface area contributed by atoms with E-state index in [1.807, 2.05) is 0 Å². The number of hydrogen-bond acceptors (Lipinski definition) is 12. The fourth-order valence-corrected chi connectivity index (χ4v) is 0. The molecule has 102 valence electrons. The van der Waals surface area contributed by atoms with E-state index >= 15 is 0 Å². The summed E-state index contributed by atoms with van der Waals surface area (Å²) in [5, 5.41) is 101. The first-order chi connectivity index (χ1) is 6.93. The maximum absolute atomic E-state index is 8.42. The van der Waals surface area contributed by atoms with Crippen LogP contribution in [0.2, 0.25) is 0 Å². The Morgan fingerprint density at radius 3 is 0.263 bits per heavy atom. The first-order valence-corrected chi connectivity index (χ1v) is 2.83. The smallest absolute Gasteiger partial charge is 0.907 e. The van der Waals surface area contributed by atoms with Gasteiger partial charge in [0.05, 0.1) is 0 Å². The summed E-state index contributed by atoms with van der Waals surface area (Å²) in [6.07, 6.45) is 0. The summed E-state index contributed by atoms with van der Waals surface area (Å²) < 4.78 is 0. The third-order valence-corrected chi connectivity index (χ3v) is 0. The fraction of sp³-hybridized carbons (Fsp3) is 0. The van der Waals surface area contributed by atoms with Crippen LogP contribution in [0, 0.1) is 0 Å². The zero-order valence-electron chi connectivity index (χ0n) is 8.43. The molecular weight excluding hydrogens is 523 g/mol. The van der Waals surface area contributed by atoms with Gasteiger partial charge < -0.3 is 60.3 Å². The van der Waals surface area contributed by atoms with Gasteiger partial charge in [0, 0.05) is 0 Å². The van der Waals surface area contributed by atoms with Gasteiger partial charge in [0.25, 0.3) is 0 Å².